The summed E-state index contributed by atoms with van der Waals surface area (Å²) in [6.45, 7) is 4.66. The number of aryl methyl sites for hydroxylation is 1. The Bertz CT molecular complexity index is 671. The van der Waals surface area contributed by atoms with E-state index >= 15 is 0 Å². The molecule has 1 aromatic heterocycles. The van der Waals surface area contributed by atoms with Gasteiger partial charge in [-0.05, 0) is 44.0 Å². The highest BCUT2D eigenvalue weighted by molar-refractivity contribution is 6.30. The van der Waals surface area contributed by atoms with Crippen LogP contribution in [0.5, 0.6) is 0 Å². The first-order valence-electron chi connectivity index (χ1n) is 7.39. The van der Waals surface area contributed by atoms with Gasteiger partial charge in [0.2, 0.25) is 0 Å². The number of hydrogen-bond acceptors (Lipinski definition) is 3. The molecular weight excluding hydrogens is 284 g/mol. The molecule has 0 amide bonds. The number of aldehydes is 1. The Kier molecular flexibility index (Phi) is 4.22. The second kappa shape index (κ2) is 6.12. The second-order valence-corrected chi connectivity index (χ2v) is 6.27. The van der Waals surface area contributed by atoms with Crippen molar-refractivity contribution < 1.29 is 4.79 Å². The van der Waals surface area contributed by atoms with Crippen molar-refractivity contribution in [3.8, 4) is 0 Å². The molecule has 2 heterocycles. The minimum absolute atomic E-state index is 0.161. The normalized spacial score (nSPS) is 19.8. The lowest BCUT2D eigenvalue weighted by Crippen LogP contribution is -2.35. The zero-order chi connectivity index (χ0) is 14.8. The lowest BCUT2D eigenvalue weighted by atomic mass is 9.99. The highest BCUT2D eigenvalue weighted by atomic mass is 35.5. The van der Waals surface area contributed by atoms with Crippen molar-refractivity contribution in [1.29, 1.82) is 0 Å². The number of hydrogen-bond donors (Lipinski definition) is 0. The number of piperidine rings is 1. The maximum absolute atomic E-state index is 11.0. The third-order valence-corrected chi connectivity index (χ3v) is 4.45. The molecule has 1 saturated heterocycles. The summed E-state index contributed by atoms with van der Waals surface area (Å²) in [6.07, 6.45) is 3.15. The number of benzene rings is 1. The van der Waals surface area contributed by atoms with Gasteiger partial charge in [-0.2, -0.15) is 0 Å². The summed E-state index contributed by atoms with van der Waals surface area (Å²) < 4.78 is 0. The highest BCUT2D eigenvalue weighted by Crippen LogP contribution is 2.24. The van der Waals surface area contributed by atoms with Crippen molar-refractivity contribution in [1.82, 2.24) is 9.88 Å². The van der Waals surface area contributed by atoms with Crippen molar-refractivity contribution in [2.45, 2.75) is 26.3 Å². The number of fused-ring (bicyclic) bond motifs is 1. The van der Waals surface area contributed by atoms with Crippen LogP contribution in [0.4, 0.5) is 0 Å². The largest absolute Gasteiger partial charge is 0.303 e. The Labute approximate surface area is 129 Å². The summed E-state index contributed by atoms with van der Waals surface area (Å²) in [5.74, 6) is 0.161. The summed E-state index contributed by atoms with van der Waals surface area (Å²) >= 11 is 6.34. The second-order valence-electron chi connectivity index (χ2n) is 5.91. The van der Waals surface area contributed by atoms with E-state index in [9.17, 15) is 4.79 Å². The first-order valence-corrected chi connectivity index (χ1v) is 7.77. The molecule has 1 unspecified atom stereocenters. The Balaban J connectivity index is 1.84. The van der Waals surface area contributed by atoms with Gasteiger partial charge in [-0.3, -0.25) is 4.90 Å². The molecule has 2 aromatic rings. The Morgan fingerprint density at radius 3 is 3.10 bits per heavy atom. The lowest BCUT2D eigenvalue weighted by Gasteiger charge is -2.30. The fourth-order valence-corrected chi connectivity index (χ4v) is 3.20. The molecule has 110 valence electrons. The lowest BCUT2D eigenvalue weighted by molar-refractivity contribution is -0.112. The number of rotatable bonds is 3. The fraction of sp³-hybridized carbons (Fsp3) is 0.412. The smallest absolute Gasteiger partial charge is 0.134 e. The van der Waals surface area contributed by atoms with Crippen LogP contribution in [0, 0.1) is 12.8 Å². The number of pyridine rings is 1. The van der Waals surface area contributed by atoms with Crippen LogP contribution in [-0.4, -0.2) is 29.3 Å². The number of carbonyl (C=O) groups excluding carboxylic acids is 1. The number of carbonyl (C=O) groups is 1. The quantitative estimate of drug-likeness (QED) is 0.641. The van der Waals surface area contributed by atoms with Crippen LogP contribution in [0.25, 0.3) is 10.9 Å². The number of halogens is 1. The van der Waals surface area contributed by atoms with Gasteiger partial charge in [0.05, 0.1) is 5.52 Å². The predicted octanol–water partition coefficient (Wildman–Crippen LogP) is 3.61. The van der Waals surface area contributed by atoms with Crippen molar-refractivity contribution in [2.75, 3.05) is 13.1 Å². The zero-order valence-electron chi connectivity index (χ0n) is 12.2. The molecule has 3 rings (SSSR count). The van der Waals surface area contributed by atoms with E-state index in [0.717, 1.165) is 55.2 Å². The molecular formula is C17H19ClN2O. The van der Waals surface area contributed by atoms with Crippen LogP contribution in [0.1, 0.15) is 24.0 Å². The van der Waals surface area contributed by atoms with Gasteiger partial charge in [0, 0.05) is 30.0 Å². The minimum atomic E-state index is 0.161. The van der Waals surface area contributed by atoms with Crippen molar-refractivity contribution in [3.05, 3.63) is 40.5 Å². The van der Waals surface area contributed by atoms with Gasteiger partial charge in [-0.25, -0.2) is 4.98 Å². The van der Waals surface area contributed by atoms with Crippen LogP contribution in [-0.2, 0) is 11.3 Å². The molecule has 0 aliphatic carbocycles. The van der Waals surface area contributed by atoms with E-state index in [4.69, 9.17) is 11.6 Å². The summed E-state index contributed by atoms with van der Waals surface area (Å²) in [7, 11) is 0. The first-order chi connectivity index (χ1) is 10.2. The monoisotopic (exact) mass is 302 g/mol. The van der Waals surface area contributed by atoms with Gasteiger partial charge in [-0.1, -0.05) is 23.7 Å². The van der Waals surface area contributed by atoms with E-state index in [-0.39, 0.29) is 5.92 Å². The van der Waals surface area contributed by atoms with E-state index in [2.05, 4.69) is 35.0 Å². The van der Waals surface area contributed by atoms with E-state index in [1.165, 1.54) is 5.56 Å². The van der Waals surface area contributed by atoms with E-state index in [1.807, 2.05) is 6.07 Å². The topological polar surface area (TPSA) is 33.2 Å². The van der Waals surface area contributed by atoms with Gasteiger partial charge in [0.25, 0.3) is 0 Å². The van der Waals surface area contributed by atoms with Crippen LogP contribution in [0.15, 0.2) is 24.3 Å². The standard InChI is InChI=1S/C17H19ClN2O/c1-12-4-5-14-8-15(17(18)19-16(14)7-12)10-20-6-2-3-13(9-20)11-21/h4-5,7-8,11,13H,2-3,6,9-10H2,1H3. The Morgan fingerprint density at radius 2 is 2.29 bits per heavy atom. The third-order valence-electron chi connectivity index (χ3n) is 4.13. The van der Waals surface area contributed by atoms with Crippen LogP contribution in [0.2, 0.25) is 5.15 Å². The molecule has 1 aliphatic heterocycles. The fourth-order valence-electron chi connectivity index (χ4n) is 3.00. The predicted molar refractivity (Wildman–Crippen MR) is 85.6 cm³/mol. The average Bonchev–Trinajstić information content (AvgIpc) is 2.48. The van der Waals surface area contributed by atoms with Crippen LogP contribution in [0.3, 0.4) is 0 Å². The molecule has 1 aromatic carbocycles. The van der Waals surface area contributed by atoms with E-state index < -0.39 is 0 Å². The van der Waals surface area contributed by atoms with Gasteiger partial charge >= 0.3 is 0 Å². The molecule has 0 radical (unpaired) electrons. The first kappa shape index (κ1) is 14.5. The molecule has 1 aliphatic rings. The Hall–Kier alpha value is -1.45. The summed E-state index contributed by atoms with van der Waals surface area (Å²) in [5.41, 5.74) is 3.16. The van der Waals surface area contributed by atoms with Crippen LogP contribution >= 0.6 is 11.6 Å². The molecule has 1 fully saturated rings. The average molecular weight is 303 g/mol. The zero-order valence-corrected chi connectivity index (χ0v) is 12.9. The third kappa shape index (κ3) is 3.25. The van der Waals surface area contributed by atoms with E-state index in [1.54, 1.807) is 0 Å². The molecule has 0 saturated carbocycles. The van der Waals surface area contributed by atoms with Crippen molar-refractivity contribution >= 4 is 28.8 Å². The van der Waals surface area contributed by atoms with Gasteiger partial charge in [-0.15, -0.1) is 0 Å². The minimum Gasteiger partial charge on any atom is -0.303 e. The van der Waals surface area contributed by atoms with Gasteiger partial charge in [0.1, 0.15) is 11.4 Å². The highest BCUT2D eigenvalue weighted by Gasteiger charge is 2.20. The molecule has 21 heavy (non-hydrogen) atoms. The van der Waals surface area contributed by atoms with Crippen LogP contribution < -0.4 is 0 Å². The molecule has 4 heteroatoms. The molecule has 1 atom stereocenters. The number of nitrogens with zero attached hydrogens (tertiary/aromatic N) is 2. The van der Waals surface area contributed by atoms with Gasteiger partial charge in [0.15, 0.2) is 0 Å². The number of likely N-dealkylation sites (tertiary alicyclic amines) is 1. The van der Waals surface area contributed by atoms with Crippen molar-refractivity contribution in [3.63, 3.8) is 0 Å². The van der Waals surface area contributed by atoms with Gasteiger partial charge < -0.3 is 4.79 Å². The maximum atomic E-state index is 11.0. The van der Waals surface area contributed by atoms with Crippen molar-refractivity contribution in [2.24, 2.45) is 5.92 Å². The summed E-state index contributed by atoms with van der Waals surface area (Å²) in [6, 6.07) is 8.34. The van der Waals surface area contributed by atoms with E-state index in [0.29, 0.717) is 5.15 Å². The molecule has 3 nitrogen and oxygen atoms in total. The number of aromatic nitrogens is 1. The summed E-state index contributed by atoms with van der Waals surface area (Å²) in [4.78, 5) is 17.8. The SMILES string of the molecule is Cc1ccc2cc(CN3CCCC(C=O)C3)c(Cl)nc2c1. The Morgan fingerprint density at radius 1 is 1.43 bits per heavy atom. The maximum Gasteiger partial charge on any atom is 0.134 e. The molecule has 0 bridgehead atoms. The molecule has 0 spiro atoms. The molecule has 0 N–H and O–H groups in total. The summed E-state index contributed by atoms with van der Waals surface area (Å²) in [5, 5.41) is 1.69.